The van der Waals surface area contributed by atoms with Crippen molar-refractivity contribution in [1.29, 1.82) is 0 Å². The number of amides is 1. The first kappa shape index (κ1) is 22.7. The minimum absolute atomic E-state index is 0.0757. The third-order valence-corrected chi connectivity index (χ3v) is 3.15. The summed E-state index contributed by atoms with van der Waals surface area (Å²) in [5.74, 6) is -3.81. The maximum Gasteiger partial charge on any atom is 0.416 e. The third kappa shape index (κ3) is 7.91. The quantitative estimate of drug-likeness (QED) is 0.429. The molecule has 2 rings (SSSR count). The largest absolute Gasteiger partial charge is 0.473 e. The number of carbonyl (C=O) groups is 3. The van der Waals surface area contributed by atoms with Gasteiger partial charge in [-0.15, -0.1) is 0 Å². The predicted molar refractivity (Wildman–Crippen MR) is 89.5 cm³/mol. The van der Waals surface area contributed by atoms with Gasteiger partial charge < -0.3 is 25.3 Å². The van der Waals surface area contributed by atoms with Crippen LogP contribution in [0.4, 0.5) is 13.2 Å². The highest BCUT2D eigenvalue weighted by Crippen LogP contribution is 2.31. The van der Waals surface area contributed by atoms with E-state index in [1.54, 1.807) is 12.1 Å². The fourth-order valence-electron chi connectivity index (χ4n) is 1.93. The summed E-state index contributed by atoms with van der Waals surface area (Å²) in [4.78, 5) is 29.7. The average molecular weight is 402 g/mol. The van der Waals surface area contributed by atoms with Crippen molar-refractivity contribution in [3.05, 3.63) is 59.5 Å². The van der Waals surface area contributed by atoms with E-state index < -0.39 is 23.7 Å². The molecule has 4 N–H and O–H groups in total. The van der Waals surface area contributed by atoms with Crippen molar-refractivity contribution in [2.45, 2.75) is 12.7 Å². The maximum absolute atomic E-state index is 12.8. The van der Waals surface area contributed by atoms with Crippen molar-refractivity contribution in [2.75, 3.05) is 13.1 Å². The van der Waals surface area contributed by atoms with Crippen molar-refractivity contribution in [3.8, 4) is 0 Å². The molecule has 8 nitrogen and oxygen atoms in total. The molecule has 0 saturated carbocycles. The van der Waals surface area contributed by atoms with E-state index in [9.17, 15) is 18.0 Å². The molecule has 1 aromatic carbocycles. The number of benzene rings is 1. The summed E-state index contributed by atoms with van der Waals surface area (Å²) in [6.45, 7) is 0.707. The number of halogens is 3. The molecule has 152 valence electrons. The Hall–Kier alpha value is -3.34. The first-order valence-electron chi connectivity index (χ1n) is 7.76. The number of carbonyl (C=O) groups excluding carboxylic acids is 1. The SMILES string of the molecule is O=C(NCCNCc1ccccc1C(F)(F)F)c1ccco1.O=C(O)C(=O)O. The van der Waals surface area contributed by atoms with Crippen LogP contribution in [-0.4, -0.2) is 41.1 Å². The van der Waals surface area contributed by atoms with Gasteiger partial charge in [0.05, 0.1) is 11.8 Å². The second-order valence-corrected chi connectivity index (χ2v) is 5.18. The first-order valence-corrected chi connectivity index (χ1v) is 7.76. The van der Waals surface area contributed by atoms with Gasteiger partial charge >= 0.3 is 18.1 Å². The lowest BCUT2D eigenvalue weighted by Crippen LogP contribution is -2.31. The lowest BCUT2D eigenvalue weighted by Gasteiger charge is -2.13. The zero-order chi connectivity index (χ0) is 21.2. The van der Waals surface area contributed by atoms with Crippen LogP contribution >= 0.6 is 0 Å². The molecular weight excluding hydrogens is 385 g/mol. The first-order chi connectivity index (χ1) is 13.1. The number of carboxylic acid groups (broad SMARTS) is 2. The maximum atomic E-state index is 12.8. The molecule has 0 spiro atoms. The van der Waals surface area contributed by atoms with Crippen molar-refractivity contribution >= 4 is 17.8 Å². The van der Waals surface area contributed by atoms with Crippen LogP contribution in [0.5, 0.6) is 0 Å². The van der Waals surface area contributed by atoms with Gasteiger partial charge in [-0.3, -0.25) is 4.79 Å². The van der Waals surface area contributed by atoms with E-state index in [0.29, 0.717) is 6.54 Å². The highest BCUT2D eigenvalue weighted by molar-refractivity contribution is 6.27. The average Bonchev–Trinajstić information content (AvgIpc) is 3.16. The second-order valence-electron chi connectivity index (χ2n) is 5.18. The Bertz CT molecular complexity index is 778. The Balaban J connectivity index is 0.000000568. The minimum atomic E-state index is -4.37. The van der Waals surface area contributed by atoms with E-state index in [4.69, 9.17) is 24.2 Å². The van der Waals surface area contributed by atoms with E-state index in [0.717, 1.165) is 6.07 Å². The molecule has 0 radical (unpaired) electrons. The van der Waals surface area contributed by atoms with Gasteiger partial charge in [-0.05, 0) is 23.8 Å². The minimum Gasteiger partial charge on any atom is -0.473 e. The van der Waals surface area contributed by atoms with E-state index in [1.165, 1.54) is 24.5 Å². The fraction of sp³-hybridized carbons (Fsp3) is 0.235. The number of furan rings is 1. The molecule has 1 heterocycles. The van der Waals surface area contributed by atoms with Gasteiger partial charge in [0, 0.05) is 19.6 Å². The van der Waals surface area contributed by atoms with Gasteiger partial charge in [-0.2, -0.15) is 13.2 Å². The number of aliphatic carboxylic acids is 2. The van der Waals surface area contributed by atoms with Crippen molar-refractivity contribution < 1.29 is 42.2 Å². The molecule has 0 bridgehead atoms. The van der Waals surface area contributed by atoms with Gasteiger partial charge in [0.2, 0.25) is 0 Å². The topological polar surface area (TPSA) is 129 Å². The third-order valence-electron chi connectivity index (χ3n) is 3.15. The van der Waals surface area contributed by atoms with Crippen LogP contribution in [0.1, 0.15) is 21.7 Å². The molecular formula is C17H17F3N2O6. The van der Waals surface area contributed by atoms with Gasteiger partial charge in [0.15, 0.2) is 5.76 Å². The van der Waals surface area contributed by atoms with Gasteiger partial charge in [0.1, 0.15) is 0 Å². The number of alkyl halides is 3. The Morgan fingerprint density at radius 3 is 2.14 bits per heavy atom. The standard InChI is InChI=1S/C15H15F3N2O2.C2H2O4/c16-15(17,18)12-5-2-1-4-11(12)10-19-7-8-20-14(21)13-6-3-9-22-13;3-1(4)2(5)6/h1-6,9,19H,7-8,10H2,(H,20,21);(H,3,4)(H,5,6). The predicted octanol–water partition coefficient (Wildman–Crippen LogP) is 1.97. The highest BCUT2D eigenvalue weighted by atomic mass is 19.4. The highest BCUT2D eigenvalue weighted by Gasteiger charge is 2.32. The van der Waals surface area contributed by atoms with Crippen LogP contribution in [-0.2, 0) is 22.3 Å². The van der Waals surface area contributed by atoms with Crippen LogP contribution < -0.4 is 10.6 Å². The molecule has 0 atom stereocenters. The summed E-state index contributed by atoms with van der Waals surface area (Å²) < 4.78 is 43.3. The molecule has 11 heteroatoms. The molecule has 0 saturated heterocycles. The number of hydrogen-bond acceptors (Lipinski definition) is 5. The Labute approximate surface area is 157 Å². The molecule has 0 fully saturated rings. The van der Waals surface area contributed by atoms with Crippen molar-refractivity contribution in [2.24, 2.45) is 0 Å². The molecule has 2 aromatic rings. The summed E-state index contributed by atoms with van der Waals surface area (Å²) in [5.41, 5.74) is -0.477. The Kier molecular flexibility index (Phi) is 8.69. The lowest BCUT2D eigenvalue weighted by molar-refractivity contribution is -0.159. The molecule has 1 amide bonds. The molecule has 28 heavy (non-hydrogen) atoms. The van der Waals surface area contributed by atoms with Crippen LogP contribution in [0.15, 0.2) is 47.1 Å². The summed E-state index contributed by atoms with van der Waals surface area (Å²) >= 11 is 0. The van der Waals surface area contributed by atoms with E-state index in [2.05, 4.69) is 10.6 Å². The van der Waals surface area contributed by atoms with Crippen LogP contribution in [0, 0.1) is 0 Å². The number of rotatable bonds is 6. The number of carboxylic acids is 2. The Morgan fingerprint density at radius 2 is 1.61 bits per heavy atom. The van der Waals surface area contributed by atoms with E-state index in [1.807, 2.05) is 0 Å². The number of nitrogens with one attached hydrogen (secondary N) is 2. The van der Waals surface area contributed by atoms with Crippen LogP contribution in [0.2, 0.25) is 0 Å². The molecule has 0 aliphatic heterocycles. The van der Waals surface area contributed by atoms with Crippen molar-refractivity contribution in [3.63, 3.8) is 0 Å². The van der Waals surface area contributed by atoms with Crippen LogP contribution in [0.25, 0.3) is 0 Å². The van der Waals surface area contributed by atoms with Gasteiger partial charge in [-0.25, -0.2) is 9.59 Å². The lowest BCUT2D eigenvalue weighted by atomic mass is 10.1. The summed E-state index contributed by atoms with van der Waals surface area (Å²) in [7, 11) is 0. The monoisotopic (exact) mass is 402 g/mol. The fourth-order valence-corrected chi connectivity index (χ4v) is 1.93. The van der Waals surface area contributed by atoms with E-state index >= 15 is 0 Å². The van der Waals surface area contributed by atoms with E-state index in [-0.39, 0.29) is 30.3 Å². The Morgan fingerprint density at radius 1 is 0.964 bits per heavy atom. The smallest absolute Gasteiger partial charge is 0.416 e. The summed E-state index contributed by atoms with van der Waals surface area (Å²) in [6.07, 6.45) is -2.98. The zero-order valence-corrected chi connectivity index (χ0v) is 14.3. The zero-order valence-electron chi connectivity index (χ0n) is 14.3. The van der Waals surface area contributed by atoms with Crippen LogP contribution in [0.3, 0.4) is 0 Å². The molecule has 0 aliphatic rings. The molecule has 0 unspecified atom stereocenters. The number of hydrogen-bond donors (Lipinski definition) is 4. The van der Waals surface area contributed by atoms with Crippen molar-refractivity contribution in [1.82, 2.24) is 10.6 Å². The van der Waals surface area contributed by atoms with Gasteiger partial charge in [0.25, 0.3) is 5.91 Å². The molecule has 1 aromatic heterocycles. The molecule has 0 aliphatic carbocycles. The summed E-state index contributed by atoms with van der Waals surface area (Å²) in [6, 6.07) is 8.53. The second kappa shape index (κ2) is 10.7. The van der Waals surface area contributed by atoms with Gasteiger partial charge in [-0.1, -0.05) is 18.2 Å². The summed E-state index contributed by atoms with van der Waals surface area (Å²) in [5, 5.41) is 20.3. The normalized spacial score (nSPS) is 10.5.